The minimum absolute atomic E-state index is 0.289. The fraction of sp³-hybridized carbons (Fsp3) is 0. The number of hydrogen-bond donors (Lipinski definition) is 2. The van der Waals surface area contributed by atoms with E-state index in [2.05, 4.69) is 29.7 Å². The standard InChI is InChI=1S/C19H16N2O/c20-21-19(22)18-9-5-4-8-17(18)16-12-10-15(11-13-16)14-6-2-1-3-7-14/h1-13H,20H2,(H,21,22). The summed E-state index contributed by atoms with van der Waals surface area (Å²) >= 11 is 0. The number of nitrogens with one attached hydrogen (secondary N) is 1. The monoisotopic (exact) mass is 288 g/mol. The molecule has 3 rings (SSSR count). The van der Waals surface area contributed by atoms with Crippen LogP contribution in [0.25, 0.3) is 22.3 Å². The Morgan fingerprint density at radius 3 is 1.91 bits per heavy atom. The average molecular weight is 288 g/mol. The summed E-state index contributed by atoms with van der Waals surface area (Å²) < 4.78 is 0. The van der Waals surface area contributed by atoms with Crippen molar-refractivity contribution in [1.82, 2.24) is 5.43 Å². The molecule has 0 aliphatic rings. The van der Waals surface area contributed by atoms with Gasteiger partial charge in [-0.25, -0.2) is 5.84 Å². The Balaban J connectivity index is 1.99. The molecule has 0 atom stereocenters. The van der Waals surface area contributed by atoms with Crippen molar-refractivity contribution in [3.05, 3.63) is 84.4 Å². The van der Waals surface area contributed by atoms with Crippen LogP contribution in [-0.4, -0.2) is 5.91 Å². The molecular formula is C19H16N2O. The minimum Gasteiger partial charge on any atom is -0.290 e. The summed E-state index contributed by atoms with van der Waals surface area (Å²) in [5.41, 5.74) is 6.92. The predicted octanol–water partition coefficient (Wildman–Crippen LogP) is 3.62. The SMILES string of the molecule is NNC(=O)c1ccccc1-c1ccc(-c2ccccc2)cc1. The van der Waals surface area contributed by atoms with Gasteiger partial charge in [-0.2, -0.15) is 0 Å². The number of hydrazine groups is 1. The maximum absolute atomic E-state index is 11.9. The predicted molar refractivity (Wildman–Crippen MR) is 89.0 cm³/mol. The van der Waals surface area contributed by atoms with E-state index in [1.807, 2.05) is 48.5 Å². The van der Waals surface area contributed by atoms with Crippen molar-refractivity contribution in [1.29, 1.82) is 0 Å². The van der Waals surface area contributed by atoms with Crippen LogP contribution in [0.5, 0.6) is 0 Å². The van der Waals surface area contributed by atoms with Crippen molar-refractivity contribution in [2.24, 2.45) is 5.84 Å². The number of hydrogen-bond acceptors (Lipinski definition) is 2. The molecule has 0 heterocycles. The van der Waals surface area contributed by atoms with Gasteiger partial charge >= 0.3 is 0 Å². The van der Waals surface area contributed by atoms with E-state index in [4.69, 9.17) is 5.84 Å². The molecule has 3 nitrogen and oxygen atoms in total. The van der Waals surface area contributed by atoms with Gasteiger partial charge in [0.15, 0.2) is 0 Å². The molecule has 108 valence electrons. The van der Waals surface area contributed by atoms with Crippen LogP contribution in [0.1, 0.15) is 10.4 Å². The average Bonchev–Trinajstić information content (AvgIpc) is 2.62. The highest BCUT2D eigenvalue weighted by molar-refractivity contribution is 6.00. The number of carbonyl (C=O) groups excluding carboxylic acids is 1. The molecule has 3 aromatic rings. The van der Waals surface area contributed by atoms with E-state index < -0.39 is 0 Å². The first-order chi connectivity index (χ1) is 10.8. The molecule has 0 saturated carbocycles. The third kappa shape index (κ3) is 2.75. The van der Waals surface area contributed by atoms with Gasteiger partial charge in [0.1, 0.15) is 0 Å². The number of nitrogen functional groups attached to an aromatic ring is 1. The zero-order valence-electron chi connectivity index (χ0n) is 12.0. The highest BCUT2D eigenvalue weighted by atomic mass is 16.2. The van der Waals surface area contributed by atoms with E-state index >= 15 is 0 Å². The normalized spacial score (nSPS) is 10.2. The second-order valence-electron chi connectivity index (χ2n) is 4.96. The van der Waals surface area contributed by atoms with E-state index in [9.17, 15) is 4.79 Å². The first-order valence-electron chi connectivity index (χ1n) is 7.05. The quantitative estimate of drug-likeness (QED) is 0.439. The molecule has 0 aliphatic heterocycles. The zero-order chi connectivity index (χ0) is 15.4. The molecule has 0 unspecified atom stereocenters. The van der Waals surface area contributed by atoms with Gasteiger partial charge in [0.25, 0.3) is 5.91 Å². The second-order valence-corrected chi connectivity index (χ2v) is 4.96. The Morgan fingerprint density at radius 2 is 1.23 bits per heavy atom. The Morgan fingerprint density at radius 1 is 0.682 bits per heavy atom. The van der Waals surface area contributed by atoms with Crippen molar-refractivity contribution >= 4 is 5.91 Å². The lowest BCUT2D eigenvalue weighted by atomic mass is 9.97. The van der Waals surface area contributed by atoms with Gasteiger partial charge in [0.05, 0.1) is 0 Å². The summed E-state index contributed by atoms with van der Waals surface area (Å²) in [5, 5.41) is 0. The first-order valence-corrected chi connectivity index (χ1v) is 7.05. The molecule has 0 spiro atoms. The smallest absolute Gasteiger partial charge is 0.265 e. The van der Waals surface area contributed by atoms with Gasteiger partial charge in [0, 0.05) is 5.56 Å². The topological polar surface area (TPSA) is 55.1 Å². The van der Waals surface area contributed by atoms with E-state index in [-0.39, 0.29) is 5.91 Å². The molecule has 22 heavy (non-hydrogen) atoms. The molecule has 3 heteroatoms. The molecule has 0 bridgehead atoms. The van der Waals surface area contributed by atoms with Gasteiger partial charge in [0.2, 0.25) is 0 Å². The van der Waals surface area contributed by atoms with Gasteiger partial charge < -0.3 is 0 Å². The lowest BCUT2D eigenvalue weighted by molar-refractivity contribution is 0.0954. The van der Waals surface area contributed by atoms with Crippen LogP contribution >= 0.6 is 0 Å². The second kappa shape index (κ2) is 6.24. The van der Waals surface area contributed by atoms with E-state index in [1.165, 1.54) is 5.56 Å². The largest absolute Gasteiger partial charge is 0.290 e. The first kappa shape index (κ1) is 14.0. The van der Waals surface area contributed by atoms with Crippen molar-refractivity contribution in [2.75, 3.05) is 0 Å². The third-order valence-electron chi connectivity index (χ3n) is 3.61. The minimum atomic E-state index is -0.289. The summed E-state index contributed by atoms with van der Waals surface area (Å²) in [6.45, 7) is 0. The van der Waals surface area contributed by atoms with Gasteiger partial charge in [-0.15, -0.1) is 0 Å². The maximum Gasteiger partial charge on any atom is 0.265 e. The van der Waals surface area contributed by atoms with E-state index in [1.54, 1.807) is 6.07 Å². The summed E-state index contributed by atoms with van der Waals surface area (Å²) in [6.07, 6.45) is 0. The Kier molecular flexibility index (Phi) is 3.99. The molecule has 0 aromatic heterocycles. The van der Waals surface area contributed by atoms with Crippen molar-refractivity contribution in [3.8, 4) is 22.3 Å². The summed E-state index contributed by atoms with van der Waals surface area (Å²) in [4.78, 5) is 11.9. The molecule has 0 fully saturated rings. The Hall–Kier alpha value is -2.91. The molecule has 1 amide bonds. The number of benzene rings is 3. The van der Waals surface area contributed by atoms with Crippen LogP contribution in [0.15, 0.2) is 78.9 Å². The van der Waals surface area contributed by atoms with Crippen LogP contribution in [0, 0.1) is 0 Å². The van der Waals surface area contributed by atoms with Crippen molar-refractivity contribution in [3.63, 3.8) is 0 Å². The van der Waals surface area contributed by atoms with E-state index in [0.717, 1.165) is 16.7 Å². The third-order valence-corrected chi connectivity index (χ3v) is 3.61. The summed E-state index contributed by atoms with van der Waals surface area (Å²) in [6, 6.07) is 25.8. The number of rotatable bonds is 3. The van der Waals surface area contributed by atoms with Crippen molar-refractivity contribution < 1.29 is 4.79 Å². The molecule has 0 radical (unpaired) electrons. The number of carbonyl (C=O) groups is 1. The van der Waals surface area contributed by atoms with Gasteiger partial charge in [-0.05, 0) is 28.3 Å². The molecular weight excluding hydrogens is 272 g/mol. The van der Waals surface area contributed by atoms with Gasteiger partial charge in [-0.3, -0.25) is 10.2 Å². The van der Waals surface area contributed by atoms with Crippen LogP contribution in [-0.2, 0) is 0 Å². The fourth-order valence-corrected chi connectivity index (χ4v) is 2.48. The zero-order valence-corrected chi connectivity index (χ0v) is 12.0. The van der Waals surface area contributed by atoms with Crippen molar-refractivity contribution in [2.45, 2.75) is 0 Å². The molecule has 0 saturated heterocycles. The molecule has 0 aliphatic carbocycles. The lowest BCUT2D eigenvalue weighted by Gasteiger charge is -2.09. The Labute approximate surface area is 129 Å². The molecule has 3 aromatic carbocycles. The van der Waals surface area contributed by atoms with Crippen LogP contribution < -0.4 is 11.3 Å². The fourth-order valence-electron chi connectivity index (χ4n) is 2.48. The van der Waals surface area contributed by atoms with Crippen LogP contribution in [0.3, 0.4) is 0 Å². The maximum atomic E-state index is 11.9. The number of amides is 1. The Bertz CT molecular complexity index is 780. The van der Waals surface area contributed by atoms with Crippen LogP contribution in [0.4, 0.5) is 0 Å². The highest BCUT2D eigenvalue weighted by Crippen LogP contribution is 2.27. The molecule has 3 N–H and O–H groups in total. The lowest BCUT2D eigenvalue weighted by Crippen LogP contribution is -2.30. The summed E-state index contributed by atoms with van der Waals surface area (Å²) in [5.74, 6) is 4.96. The van der Waals surface area contributed by atoms with E-state index in [0.29, 0.717) is 5.56 Å². The van der Waals surface area contributed by atoms with Crippen LogP contribution in [0.2, 0.25) is 0 Å². The van der Waals surface area contributed by atoms with Gasteiger partial charge in [-0.1, -0.05) is 72.8 Å². The number of nitrogens with two attached hydrogens (primary N) is 1. The summed E-state index contributed by atoms with van der Waals surface area (Å²) in [7, 11) is 0. The highest BCUT2D eigenvalue weighted by Gasteiger charge is 2.11.